The minimum absolute atomic E-state index is 0.249. The molecule has 2 aromatic carbocycles. The molecule has 10 nitrogen and oxygen atoms in total. The lowest BCUT2D eigenvalue weighted by Crippen LogP contribution is -2.40. The number of halogens is 1. The van der Waals surface area contributed by atoms with Crippen LogP contribution in [-0.2, 0) is 20.0 Å². The van der Waals surface area contributed by atoms with Gasteiger partial charge in [0.15, 0.2) is 0 Å². The number of carbonyl (C=O) groups excluding carboxylic acids is 1. The molecule has 1 amide bonds. The first-order valence-corrected chi connectivity index (χ1v) is 13.3. The van der Waals surface area contributed by atoms with Gasteiger partial charge in [-0.3, -0.25) is 19.1 Å². The number of likely N-dealkylation sites (tertiary alicyclic amines) is 1. The largest absolute Gasteiger partial charge is 0.491 e. The van der Waals surface area contributed by atoms with Crippen LogP contribution >= 0.6 is 0 Å². The number of ether oxygens (including phenoxy) is 1. The zero-order valence-corrected chi connectivity index (χ0v) is 22.3. The number of carbonyl (C=O) groups is 1. The highest BCUT2D eigenvalue weighted by atomic mass is 19.1. The molecule has 5 rings (SSSR count). The summed E-state index contributed by atoms with van der Waals surface area (Å²) >= 11 is 0. The number of anilines is 1. The fourth-order valence-corrected chi connectivity index (χ4v) is 4.81. The van der Waals surface area contributed by atoms with Crippen molar-refractivity contribution in [2.75, 3.05) is 25.0 Å². The highest BCUT2D eigenvalue weighted by Gasteiger charge is 2.19. The van der Waals surface area contributed by atoms with Crippen molar-refractivity contribution >= 4 is 11.6 Å². The smallest absolute Gasteiger partial charge is 0.259 e. The lowest BCUT2D eigenvalue weighted by Gasteiger charge is -2.33. The Morgan fingerprint density at radius 2 is 1.97 bits per heavy atom. The third-order valence-electron chi connectivity index (χ3n) is 6.99. The molecule has 0 spiro atoms. The average molecular weight is 533 g/mol. The Bertz CT molecular complexity index is 1420. The fourth-order valence-electron chi connectivity index (χ4n) is 4.81. The predicted molar refractivity (Wildman–Crippen MR) is 145 cm³/mol. The van der Waals surface area contributed by atoms with E-state index in [2.05, 4.69) is 37.8 Å². The van der Waals surface area contributed by atoms with Gasteiger partial charge in [0, 0.05) is 50.0 Å². The van der Waals surface area contributed by atoms with Gasteiger partial charge in [-0.05, 0) is 56.6 Å². The van der Waals surface area contributed by atoms with Crippen LogP contribution in [0.2, 0.25) is 0 Å². The van der Waals surface area contributed by atoms with Crippen LogP contribution in [-0.4, -0.2) is 66.5 Å². The van der Waals surface area contributed by atoms with E-state index in [1.165, 1.54) is 31.4 Å². The zero-order valence-electron chi connectivity index (χ0n) is 22.3. The fraction of sp³-hybridized carbons (Fsp3) is 0.393. The third kappa shape index (κ3) is 6.66. The van der Waals surface area contributed by atoms with Gasteiger partial charge in [0.25, 0.3) is 5.91 Å². The second-order valence-electron chi connectivity index (χ2n) is 9.87. The molecule has 0 aliphatic carbocycles. The SMILES string of the molecule is CC1CCCCN1CCOc1ccccc1C(=O)Nc1ccc(F)c(-c2cn(CCc3cn(C)nn3)nn2)c1. The highest BCUT2D eigenvalue weighted by molar-refractivity contribution is 6.06. The molecule has 11 heteroatoms. The Hall–Kier alpha value is -4.12. The minimum atomic E-state index is -0.454. The van der Waals surface area contributed by atoms with Crippen molar-refractivity contribution in [1.82, 2.24) is 34.9 Å². The Morgan fingerprint density at radius 3 is 2.79 bits per heavy atom. The van der Waals surface area contributed by atoms with Crippen LogP contribution in [0.1, 0.15) is 42.2 Å². The van der Waals surface area contributed by atoms with Gasteiger partial charge in [0.2, 0.25) is 0 Å². The van der Waals surface area contributed by atoms with E-state index in [0.29, 0.717) is 48.3 Å². The van der Waals surface area contributed by atoms with Gasteiger partial charge in [0.1, 0.15) is 23.9 Å². The molecule has 204 valence electrons. The molecule has 1 aliphatic heterocycles. The van der Waals surface area contributed by atoms with Crippen LogP contribution in [0.15, 0.2) is 54.9 Å². The molecule has 1 fully saturated rings. The standard InChI is InChI=1S/C28H33FN8O2/c1-20-7-5-6-13-36(20)15-16-39-27-9-4-3-8-23(27)28(38)30-21-10-11-25(29)24(17-21)26-19-37(34-32-26)14-12-22-18-35(2)33-31-22/h3-4,8-11,17-20H,5-7,12-16H2,1-2H3,(H,30,38). The summed E-state index contributed by atoms with van der Waals surface area (Å²) in [5, 5.41) is 19.1. The molecule has 3 heterocycles. The number of hydrogen-bond donors (Lipinski definition) is 1. The summed E-state index contributed by atoms with van der Waals surface area (Å²) in [7, 11) is 1.81. The van der Waals surface area contributed by atoms with Gasteiger partial charge in [0.05, 0.1) is 17.5 Å². The number of hydrogen-bond acceptors (Lipinski definition) is 7. The van der Waals surface area contributed by atoms with Crippen LogP contribution in [0.3, 0.4) is 0 Å². The second kappa shape index (κ2) is 12.2. The Labute approximate surface area is 226 Å². The Kier molecular flexibility index (Phi) is 8.26. The van der Waals surface area contributed by atoms with E-state index in [4.69, 9.17) is 4.74 Å². The van der Waals surface area contributed by atoms with Crippen LogP contribution in [0.25, 0.3) is 11.3 Å². The molecule has 39 heavy (non-hydrogen) atoms. The van der Waals surface area contributed by atoms with Gasteiger partial charge in [-0.15, -0.1) is 10.2 Å². The molecule has 1 aliphatic rings. The van der Waals surface area contributed by atoms with Crippen LogP contribution in [0, 0.1) is 5.82 Å². The normalized spacial score (nSPS) is 15.8. The lowest BCUT2D eigenvalue weighted by atomic mass is 10.0. The number of para-hydroxylation sites is 1. The van der Waals surface area contributed by atoms with Gasteiger partial charge in [-0.25, -0.2) is 4.39 Å². The number of benzene rings is 2. The molecule has 4 aromatic rings. The summed E-state index contributed by atoms with van der Waals surface area (Å²) in [6.07, 6.45) is 7.82. The Morgan fingerprint density at radius 1 is 1.10 bits per heavy atom. The molecule has 1 saturated heterocycles. The third-order valence-corrected chi connectivity index (χ3v) is 6.99. The molecular weight excluding hydrogens is 499 g/mol. The monoisotopic (exact) mass is 532 g/mol. The lowest BCUT2D eigenvalue weighted by molar-refractivity contribution is 0.101. The molecule has 1 atom stereocenters. The van der Waals surface area contributed by atoms with Gasteiger partial charge in [-0.2, -0.15) is 0 Å². The quantitative estimate of drug-likeness (QED) is 0.330. The first kappa shape index (κ1) is 26.5. The van der Waals surface area contributed by atoms with E-state index < -0.39 is 5.82 Å². The van der Waals surface area contributed by atoms with E-state index in [9.17, 15) is 9.18 Å². The van der Waals surface area contributed by atoms with E-state index in [1.54, 1.807) is 46.9 Å². The van der Waals surface area contributed by atoms with Gasteiger partial charge >= 0.3 is 0 Å². The average Bonchev–Trinajstić information content (AvgIpc) is 3.58. The van der Waals surface area contributed by atoms with E-state index in [-0.39, 0.29) is 11.5 Å². The van der Waals surface area contributed by atoms with Crippen LogP contribution in [0.4, 0.5) is 10.1 Å². The maximum Gasteiger partial charge on any atom is 0.259 e. The van der Waals surface area contributed by atoms with Crippen molar-refractivity contribution in [2.24, 2.45) is 7.05 Å². The maximum atomic E-state index is 14.7. The number of piperidine rings is 1. The van der Waals surface area contributed by atoms with E-state index in [0.717, 1.165) is 18.8 Å². The van der Waals surface area contributed by atoms with Crippen molar-refractivity contribution in [3.63, 3.8) is 0 Å². The summed E-state index contributed by atoms with van der Waals surface area (Å²) in [5.74, 6) is -0.264. The van der Waals surface area contributed by atoms with Gasteiger partial charge < -0.3 is 10.1 Å². The molecule has 2 aromatic heterocycles. The highest BCUT2D eigenvalue weighted by Crippen LogP contribution is 2.26. The van der Waals surface area contributed by atoms with Crippen molar-refractivity contribution in [3.05, 3.63) is 71.9 Å². The van der Waals surface area contributed by atoms with Crippen molar-refractivity contribution in [3.8, 4) is 17.0 Å². The first-order chi connectivity index (χ1) is 19.0. The summed E-state index contributed by atoms with van der Waals surface area (Å²) < 4.78 is 24.0. The molecular formula is C28H33FN8O2. The zero-order chi connectivity index (χ0) is 27.2. The number of aryl methyl sites for hydroxylation is 3. The minimum Gasteiger partial charge on any atom is -0.491 e. The molecule has 0 saturated carbocycles. The summed E-state index contributed by atoms with van der Waals surface area (Å²) in [6, 6.07) is 12.1. The Balaban J connectivity index is 1.23. The van der Waals surface area contributed by atoms with Crippen molar-refractivity contribution in [1.29, 1.82) is 0 Å². The van der Waals surface area contributed by atoms with Gasteiger partial charge in [-0.1, -0.05) is 29.0 Å². The summed E-state index contributed by atoms with van der Waals surface area (Å²) in [4.78, 5) is 15.6. The summed E-state index contributed by atoms with van der Waals surface area (Å²) in [6.45, 7) is 5.17. The van der Waals surface area contributed by atoms with Crippen molar-refractivity contribution in [2.45, 2.75) is 45.2 Å². The van der Waals surface area contributed by atoms with E-state index in [1.807, 2.05) is 12.3 Å². The maximum absolute atomic E-state index is 14.7. The number of amides is 1. The van der Waals surface area contributed by atoms with Crippen molar-refractivity contribution < 1.29 is 13.9 Å². The number of nitrogens with one attached hydrogen (secondary N) is 1. The molecule has 0 bridgehead atoms. The molecule has 1 N–H and O–H groups in total. The van der Waals surface area contributed by atoms with E-state index >= 15 is 0 Å². The topological polar surface area (TPSA) is 103 Å². The number of aromatic nitrogens is 6. The number of nitrogens with zero attached hydrogens (tertiary/aromatic N) is 7. The predicted octanol–water partition coefficient (Wildman–Crippen LogP) is 3.96. The molecule has 1 unspecified atom stereocenters. The van der Waals surface area contributed by atoms with Crippen LogP contribution in [0.5, 0.6) is 5.75 Å². The first-order valence-electron chi connectivity index (χ1n) is 13.3. The van der Waals surface area contributed by atoms with Crippen LogP contribution < -0.4 is 10.1 Å². The molecule has 0 radical (unpaired) electrons. The second-order valence-corrected chi connectivity index (χ2v) is 9.87. The number of rotatable bonds is 10. The summed E-state index contributed by atoms with van der Waals surface area (Å²) in [5.41, 5.74) is 2.32.